The summed E-state index contributed by atoms with van der Waals surface area (Å²) in [5, 5.41) is 7.51. The van der Waals surface area contributed by atoms with E-state index in [1.54, 1.807) is 30.2 Å². The van der Waals surface area contributed by atoms with E-state index in [9.17, 15) is 4.79 Å². The molecule has 0 bridgehead atoms. The summed E-state index contributed by atoms with van der Waals surface area (Å²) in [6, 6.07) is 7.88. The second kappa shape index (κ2) is 7.45. The predicted octanol–water partition coefficient (Wildman–Crippen LogP) is 3.80. The zero-order valence-electron chi connectivity index (χ0n) is 14.2. The van der Waals surface area contributed by atoms with E-state index in [-0.39, 0.29) is 5.91 Å². The molecule has 3 heterocycles. The van der Waals surface area contributed by atoms with Crippen molar-refractivity contribution in [1.29, 1.82) is 0 Å². The molecule has 0 spiro atoms. The zero-order valence-corrected chi connectivity index (χ0v) is 16.6. The first-order valence-electron chi connectivity index (χ1n) is 8.00. The molecule has 4 rings (SSSR count). The average Bonchev–Trinajstić information content (AvgIpc) is 3.28. The number of carbonyl (C=O) groups is 1. The Labute approximate surface area is 167 Å². The van der Waals surface area contributed by atoms with Crippen LogP contribution in [0.5, 0.6) is 5.75 Å². The molecule has 3 aromatic heterocycles. The van der Waals surface area contributed by atoms with Crippen LogP contribution in [-0.4, -0.2) is 32.6 Å². The Hall–Kier alpha value is -2.78. The van der Waals surface area contributed by atoms with Crippen LogP contribution in [0.4, 0.5) is 5.13 Å². The molecule has 0 saturated carbocycles. The van der Waals surface area contributed by atoms with Gasteiger partial charge >= 0.3 is 0 Å². The van der Waals surface area contributed by atoms with Gasteiger partial charge in [-0.25, -0.2) is 14.5 Å². The summed E-state index contributed by atoms with van der Waals surface area (Å²) in [5.41, 5.74) is 2.00. The number of hydrogen-bond acceptors (Lipinski definition) is 6. The average molecular weight is 444 g/mol. The van der Waals surface area contributed by atoms with Crippen LogP contribution in [-0.2, 0) is 6.42 Å². The van der Waals surface area contributed by atoms with Crippen molar-refractivity contribution in [3.63, 3.8) is 0 Å². The summed E-state index contributed by atoms with van der Waals surface area (Å²) >= 11 is 4.77. The highest BCUT2D eigenvalue weighted by molar-refractivity contribution is 9.10. The third-order valence-corrected chi connectivity index (χ3v) is 5.18. The fourth-order valence-electron chi connectivity index (χ4n) is 2.61. The van der Waals surface area contributed by atoms with Crippen LogP contribution < -0.4 is 10.1 Å². The minimum atomic E-state index is -0.290. The van der Waals surface area contributed by atoms with Crippen LogP contribution >= 0.6 is 27.3 Å². The Balaban J connectivity index is 1.49. The molecule has 0 radical (unpaired) electrons. The van der Waals surface area contributed by atoms with Crippen LogP contribution in [0, 0.1) is 0 Å². The number of halogens is 1. The number of fused-ring (bicyclic) bond motifs is 1. The fourth-order valence-corrected chi connectivity index (χ4v) is 3.75. The normalized spacial score (nSPS) is 10.9. The van der Waals surface area contributed by atoms with Crippen molar-refractivity contribution in [2.45, 2.75) is 6.42 Å². The van der Waals surface area contributed by atoms with Crippen LogP contribution in [0.3, 0.4) is 0 Å². The van der Waals surface area contributed by atoms with E-state index in [4.69, 9.17) is 4.74 Å². The molecule has 4 aromatic rings. The van der Waals surface area contributed by atoms with Gasteiger partial charge in [0.05, 0.1) is 17.8 Å². The third kappa shape index (κ3) is 3.83. The second-order valence-corrected chi connectivity index (χ2v) is 7.74. The number of rotatable bonds is 5. The molecule has 0 aliphatic carbocycles. The number of aromatic nitrogens is 4. The number of anilines is 1. The van der Waals surface area contributed by atoms with Gasteiger partial charge in [0.1, 0.15) is 11.3 Å². The van der Waals surface area contributed by atoms with Crippen molar-refractivity contribution in [2.75, 3.05) is 12.4 Å². The maximum atomic E-state index is 12.6. The van der Waals surface area contributed by atoms with E-state index in [0.717, 1.165) is 27.1 Å². The van der Waals surface area contributed by atoms with Crippen molar-refractivity contribution in [1.82, 2.24) is 19.6 Å². The van der Waals surface area contributed by atoms with Crippen molar-refractivity contribution < 1.29 is 9.53 Å². The van der Waals surface area contributed by atoms with E-state index in [0.29, 0.717) is 16.3 Å². The monoisotopic (exact) mass is 443 g/mol. The molecule has 1 aromatic carbocycles. The number of ether oxygens (including phenoxy) is 1. The van der Waals surface area contributed by atoms with Gasteiger partial charge in [0, 0.05) is 29.9 Å². The summed E-state index contributed by atoms with van der Waals surface area (Å²) in [5.74, 6) is 0.528. The van der Waals surface area contributed by atoms with Crippen molar-refractivity contribution >= 4 is 44.0 Å². The van der Waals surface area contributed by atoms with E-state index in [1.165, 1.54) is 17.5 Å². The molecular weight excluding hydrogens is 430 g/mol. The summed E-state index contributed by atoms with van der Waals surface area (Å²) in [6.07, 6.45) is 7.36. The van der Waals surface area contributed by atoms with Gasteiger partial charge in [0.15, 0.2) is 10.8 Å². The molecule has 0 saturated heterocycles. The summed E-state index contributed by atoms with van der Waals surface area (Å²) in [6.45, 7) is 0. The number of thiazole rings is 1. The van der Waals surface area contributed by atoms with E-state index < -0.39 is 0 Å². The van der Waals surface area contributed by atoms with Crippen LogP contribution in [0.1, 0.15) is 20.8 Å². The molecule has 1 amide bonds. The highest BCUT2D eigenvalue weighted by Crippen LogP contribution is 2.24. The standard InChI is InChI=1S/C18H14BrN5O2S/c1-26-13-4-2-3-11(5-13)6-14-8-21-18(27-14)23-17(25)15-9-22-24-10-12(19)7-20-16(15)24/h2-5,7-10H,6H2,1H3,(H,21,23,25). The minimum Gasteiger partial charge on any atom is -0.497 e. The first-order valence-corrected chi connectivity index (χ1v) is 9.61. The minimum absolute atomic E-state index is 0.290. The molecule has 0 aliphatic heterocycles. The smallest absolute Gasteiger partial charge is 0.262 e. The largest absolute Gasteiger partial charge is 0.497 e. The van der Waals surface area contributed by atoms with Crippen LogP contribution in [0.25, 0.3) is 5.65 Å². The van der Waals surface area contributed by atoms with Crippen LogP contribution in [0.15, 0.2) is 53.5 Å². The fraction of sp³-hybridized carbons (Fsp3) is 0.111. The van der Waals surface area contributed by atoms with Gasteiger partial charge in [0.2, 0.25) is 0 Å². The molecule has 0 aliphatic rings. The van der Waals surface area contributed by atoms with E-state index in [1.807, 2.05) is 24.3 Å². The van der Waals surface area contributed by atoms with Crippen molar-refractivity contribution in [2.24, 2.45) is 0 Å². The maximum Gasteiger partial charge on any atom is 0.262 e. The summed E-state index contributed by atoms with van der Waals surface area (Å²) in [7, 11) is 1.65. The van der Waals surface area contributed by atoms with Crippen molar-refractivity contribution in [3.8, 4) is 5.75 Å². The number of hydrogen-bond donors (Lipinski definition) is 1. The molecule has 1 N–H and O–H groups in total. The van der Waals surface area contributed by atoms with Gasteiger partial charge in [-0.15, -0.1) is 11.3 Å². The lowest BCUT2D eigenvalue weighted by Gasteiger charge is -2.02. The van der Waals surface area contributed by atoms with Gasteiger partial charge in [-0.3, -0.25) is 10.1 Å². The molecule has 7 nitrogen and oxygen atoms in total. The number of carbonyl (C=O) groups excluding carboxylic acids is 1. The molecular formula is C18H14BrN5O2S. The Morgan fingerprint density at radius 3 is 3.04 bits per heavy atom. The molecule has 9 heteroatoms. The maximum absolute atomic E-state index is 12.6. The molecule has 0 atom stereocenters. The molecule has 136 valence electrons. The first kappa shape index (κ1) is 17.6. The molecule has 0 unspecified atom stereocenters. The molecule has 0 fully saturated rings. The highest BCUT2D eigenvalue weighted by Gasteiger charge is 2.16. The lowest BCUT2D eigenvalue weighted by atomic mass is 10.1. The number of amides is 1. The van der Waals surface area contributed by atoms with Gasteiger partial charge in [-0.1, -0.05) is 12.1 Å². The topological polar surface area (TPSA) is 81.4 Å². The Bertz CT molecular complexity index is 1120. The lowest BCUT2D eigenvalue weighted by molar-refractivity contribution is 0.102. The Morgan fingerprint density at radius 2 is 2.19 bits per heavy atom. The number of nitrogens with zero attached hydrogens (tertiary/aromatic N) is 4. The number of benzene rings is 1. The Kier molecular flexibility index (Phi) is 4.87. The van der Waals surface area contributed by atoms with Gasteiger partial charge in [0.25, 0.3) is 5.91 Å². The molecule has 27 heavy (non-hydrogen) atoms. The lowest BCUT2D eigenvalue weighted by Crippen LogP contribution is -2.11. The van der Waals surface area contributed by atoms with E-state index in [2.05, 4.69) is 36.3 Å². The zero-order chi connectivity index (χ0) is 18.8. The quantitative estimate of drug-likeness (QED) is 0.507. The van der Waals surface area contributed by atoms with Crippen LogP contribution in [0.2, 0.25) is 0 Å². The van der Waals surface area contributed by atoms with Gasteiger partial charge in [-0.05, 0) is 33.6 Å². The predicted molar refractivity (Wildman–Crippen MR) is 107 cm³/mol. The SMILES string of the molecule is COc1cccc(Cc2cnc(NC(=O)c3cnn4cc(Br)cnc34)s2)c1. The summed E-state index contributed by atoms with van der Waals surface area (Å²) < 4.78 is 7.58. The van der Waals surface area contributed by atoms with E-state index >= 15 is 0 Å². The summed E-state index contributed by atoms with van der Waals surface area (Å²) in [4.78, 5) is 22.1. The third-order valence-electron chi connectivity index (χ3n) is 3.86. The first-order chi connectivity index (χ1) is 13.1. The number of nitrogens with one attached hydrogen (secondary N) is 1. The highest BCUT2D eigenvalue weighted by atomic mass is 79.9. The van der Waals surface area contributed by atoms with Gasteiger partial charge in [-0.2, -0.15) is 5.10 Å². The van der Waals surface area contributed by atoms with Gasteiger partial charge < -0.3 is 4.74 Å². The Morgan fingerprint density at radius 1 is 1.30 bits per heavy atom. The number of methoxy groups -OCH3 is 1. The second-order valence-electron chi connectivity index (χ2n) is 5.71. The van der Waals surface area contributed by atoms with Crippen molar-refractivity contribution in [3.05, 3.63) is 69.5 Å².